The number of benzene rings is 2. The van der Waals surface area contributed by atoms with Crippen molar-refractivity contribution in [1.82, 2.24) is 4.90 Å². The molecule has 9 heteroatoms. The van der Waals surface area contributed by atoms with Crippen molar-refractivity contribution in [2.45, 2.75) is 13.5 Å². The van der Waals surface area contributed by atoms with Crippen LogP contribution in [0.5, 0.6) is 11.5 Å². The minimum absolute atomic E-state index is 0.124. The number of carbonyl (C=O) groups is 1. The van der Waals surface area contributed by atoms with Gasteiger partial charge in [-0.3, -0.25) is 0 Å². The molecule has 8 nitrogen and oxygen atoms in total. The summed E-state index contributed by atoms with van der Waals surface area (Å²) in [6.45, 7) is 2.48. The van der Waals surface area contributed by atoms with Crippen LogP contribution >= 0.6 is 0 Å². The Labute approximate surface area is 171 Å². The third kappa shape index (κ3) is 7.28. The van der Waals surface area contributed by atoms with Gasteiger partial charge >= 0.3 is 16.1 Å². The molecule has 0 radical (unpaired) electrons. The molecule has 29 heavy (non-hydrogen) atoms. The van der Waals surface area contributed by atoms with Crippen LogP contribution in [0.2, 0.25) is 0 Å². The number of anilines is 1. The summed E-state index contributed by atoms with van der Waals surface area (Å²) in [7, 11) is -0.486. The molecule has 0 fully saturated rings. The first kappa shape index (κ1) is 22.5. The van der Waals surface area contributed by atoms with Crippen molar-refractivity contribution in [3.05, 3.63) is 54.1 Å². The van der Waals surface area contributed by atoms with Crippen LogP contribution in [-0.4, -0.2) is 52.5 Å². The van der Waals surface area contributed by atoms with Crippen molar-refractivity contribution in [2.24, 2.45) is 0 Å². The third-order valence-electron chi connectivity index (χ3n) is 4.04. The number of urea groups is 1. The smallest absolute Gasteiger partial charge is 0.322 e. The molecular formula is C20H26N2O6S. The highest BCUT2D eigenvalue weighted by atomic mass is 32.2. The second-order valence-corrected chi connectivity index (χ2v) is 8.01. The number of nitrogens with zero attached hydrogens (tertiary/aromatic N) is 1. The van der Waals surface area contributed by atoms with Gasteiger partial charge in [0.15, 0.2) is 0 Å². The molecule has 0 bridgehead atoms. The molecule has 158 valence electrons. The van der Waals surface area contributed by atoms with Crippen molar-refractivity contribution in [1.29, 1.82) is 0 Å². The Kier molecular flexibility index (Phi) is 8.29. The number of methoxy groups -OCH3 is 2. The van der Waals surface area contributed by atoms with E-state index in [2.05, 4.69) is 5.32 Å². The van der Waals surface area contributed by atoms with Crippen LogP contribution in [0.1, 0.15) is 12.5 Å². The first-order valence-electron chi connectivity index (χ1n) is 9.07. The highest BCUT2D eigenvalue weighted by Gasteiger charge is 2.16. The Morgan fingerprint density at radius 2 is 1.79 bits per heavy atom. The largest absolute Gasteiger partial charge is 0.497 e. The lowest BCUT2D eigenvalue weighted by Crippen LogP contribution is -2.36. The maximum absolute atomic E-state index is 12.7. The number of rotatable bonds is 10. The Balaban J connectivity index is 2.11. The van der Waals surface area contributed by atoms with Gasteiger partial charge in [0, 0.05) is 25.9 Å². The molecule has 2 aromatic rings. The number of ether oxygens (including phenoxy) is 2. The zero-order valence-corrected chi connectivity index (χ0v) is 17.6. The molecule has 2 aromatic carbocycles. The van der Waals surface area contributed by atoms with Crippen LogP contribution in [-0.2, 0) is 21.4 Å². The summed E-state index contributed by atoms with van der Waals surface area (Å²) < 4.78 is 38.6. The number of hydrogen-bond acceptors (Lipinski definition) is 6. The summed E-state index contributed by atoms with van der Waals surface area (Å²) in [6, 6.07) is 13.3. The first-order valence-corrected chi connectivity index (χ1v) is 10.6. The van der Waals surface area contributed by atoms with Crippen LogP contribution in [0, 0.1) is 0 Å². The van der Waals surface area contributed by atoms with E-state index in [1.54, 1.807) is 67.7 Å². The van der Waals surface area contributed by atoms with E-state index in [1.807, 2.05) is 0 Å². The highest BCUT2D eigenvalue weighted by molar-refractivity contribution is 7.87. The molecule has 0 heterocycles. The average molecular weight is 423 g/mol. The average Bonchev–Trinajstić information content (AvgIpc) is 2.71. The van der Waals surface area contributed by atoms with Gasteiger partial charge in [-0.15, -0.1) is 0 Å². The lowest BCUT2D eigenvalue weighted by atomic mass is 10.2. The molecule has 0 spiro atoms. The van der Waals surface area contributed by atoms with Crippen LogP contribution in [0.3, 0.4) is 0 Å². The first-order chi connectivity index (χ1) is 13.9. The van der Waals surface area contributed by atoms with Gasteiger partial charge in [-0.2, -0.15) is 8.42 Å². The van der Waals surface area contributed by atoms with Gasteiger partial charge < -0.3 is 23.9 Å². The monoisotopic (exact) mass is 422 g/mol. The van der Waals surface area contributed by atoms with Crippen LogP contribution in [0.4, 0.5) is 10.5 Å². The Morgan fingerprint density at radius 3 is 2.41 bits per heavy atom. The quantitative estimate of drug-likeness (QED) is 0.591. The molecule has 1 N–H and O–H groups in total. The summed E-state index contributed by atoms with van der Waals surface area (Å²) >= 11 is 0. The fraction of sp³-hybridized carbons (Fsp3) is 0.350. The van der Waals surface area contributed by atoms with Crippen molar-refractivity contribution in [3.63, 3.8) is 0 Å². The minimum atomic E-state index is -3.62. The van der Waals surface area contributed by atoms with E-state index in [4.69, 9.17) is 13.7 Å². The molecule has 2 amide bonds. The molecule has 0 saturated heterocycles. The number of nitrogens with one attached hydrogen (secondary N) is 1. The molecule has 0 aromatic heterocycles. The lowest BCUT2D eigenvalue weighted by Gasteiger charge is -2.23. The van der Waals surface area contributed by atoms with E-state index in [9.17, 15) is 13.2 Å². The predicted molar refractivity (Wildman–Crippen MR) is 111 cm³/mol. The van der Waals surface area contributed by atoms with E-state index < -0.39 is 10.1 Å². The third-order valence-corrected chi connectivity index (χ3v) is 5.20. The van der Waals surface area contributed by atoms with Gasteiger partial charge in [0.25, 0.3) is 0 Å². The van der Waals surface area contributed by atoms with E-state index in [-0.39, 0.29) is 24.1 Å². The number of carbonyl (C=O) groups excluding carboxylic acids is 1. The summed E-state index contributed by atoms with van der Waals surface area (Å²) in [5, 5.41) is 2.83. The topological polar surface area (TPSA) is 94.2 Å². The van der Waals surface area contributed by atoms with Crippen molar-refractivity contribution in [2.75, 3.05) is 38.4 Å². The van der Waals surface area contributed by atoms with Crippen LogP contribution in [0.25, 0.3) is 0 Å². The summed E-state index contributed by atoms with van der Waals surface area (Å²) in [6.07, 6.45) is 0. The fourth-order valence-corrected chi connectivity index (χ4v) is 2.97. The van der Waals surface area contributed by atoms with Gasteiger partial charge in [0.2, 0.25) is 0 Å². The maximum atomic E-state index is 12.7. The molecule has 0 atom stereocenters. The Bertz CT molecular complexity index is 899. The summed E-state index contributed by atoms with van der Waals surface area (Å²) in [4.78, 5) is 14.3. The van der Waals surface area contributed by atoms with Gasteiger partial charge in [-0.1, -0.05) is 12.1 Å². The number of hydrogen-bond donors (Lipinski definition) is 1. The zero-order chi connectivity index (χ0) is 21.3. The summed E-state index contributed by atoms with van der Waals surface area (Å²) in [5.74, 6) is 0.784. The van der Waals surface area contributed by atoms with Crippen molar-refractivity contribution in [3.8, 4) is 11.5 Å². The number of amides is 2. The second kappa shape index (κ2) is 10.7. The fourth-order valence-electron chi connectivity index (χ4n) is 2.45. The zero-order valence-electron chi connectivity index (χ0n) is 16.8. The Hall–Kier alpha value is -2.78. The molecule has 2 rings (SSSR count). The van der Waals surface area contributed by atoms with E-state index in [0.29, 0.717) is 24.6 Å². The normalized spacial score (nSPS) is 11.0. The minimum Gasteiger partial charge on any atom is -0.497 e. The van der Waals surface area contributed by atoms with E-state index >= 15 is 0 Å². The molecule has 0 unspecified atom stereocenters. The highest BCUT2D eigenvalue weighted by Crippen LogP contribution is 2.19. The molecule has 0 aliphatic carbocycles. The van der Waals surface area contributed by atoms with Gasteiger partial charge in [0.05, 0.1) is 19.5 Å². The molecule has 0 saturated carbocycles. The lowest BCUT2D eigenvalue weighted by molar-refractivity contribution is 0.153. The van der Waals surface area contributed by atoms with Crippen molar-refractivity contribution < 1.29 is 26.9 Å². The van der Waals surface area contributed by atoms with E-state index in [0.717, 1.165) is 5.56 Å². The summed E-state index contributed by atoms with van der Waals surface area (Å²) in [5.41, 5.74) is 1.36. The van der Waals surface area contributed by atoms with Gasteiger partial charge in [0.1, 0.15) is 11.5 Å². The van der Waals surface area contributed by atoms with Crippen LogP contribution in [0.15, 0.2) is 48.5 Å². The molecule has 0 aliphatic rings. The molecule has 0 aliphatic heterocycles. The van der Waals surface area contributed by atoms with Gasteiger partial charge in [-0.05, 0) is 48.9 Å². The van der Waals surface area contributed by atoms with E-state index in [1.165, 1.54) is 6.92 Å². The second-order valence-electron chi connectivity index (χ2n) is 6.15. The maximum Gasteiger partial charge on any atom is 0.322 e. The Morgan fingerprint density at radius 1 is 1.07 bits per heavy atom. The molecular weight excluding hydrogens is 396 g/mol. The SMILES string of the molecule is CCS(=O)(=O)Oc1cccc(CN(CCOC)C(=O)Nc2ccc(OC)cc2)c1. The van der Waals surface area contributed by atoms with Crippen LogP contribution < -0.4 is 14.2 Å². The van der Waals surface area contributed by atoms with Gasteiger partial charge in [-0.25, -0.2) is 4.79 Å². The predicted octanol–water partition coefficient (Wildman–Crippen LogP) is 3.10. The van der Waals surface area contributed by atoms with Crippen molar-refractivity contribution >= 4 is 21.8 Å². The standard InChI is InChI=1S/C20H26N2O6S/c1-4-29(24,25)28-19-7-5-6-16(14-19)15-22(12-13-26-2)20(23)21-17-8-10-18(27-3)11-9-17/h5-11,14H,4,12-13,15H2,1-3H3,(H,21,23).